The van der Waals surface area contributed by atoms with E-state index in [1.165, 1.54) is 37.1 Å². The fourth-order valence-corrected chi connectivity index (χ4v) is 7.86. The van der Waals surface area contributed by atoms with Gasteiger partial charge >= 0.3 is 6.09 Å². The molecule has 0 aromatic heterocycles. The fourth-order valence-electron chi connectivity index (χ4n) is 5.89. The van der Waals surface area contributed by atoms with Gasteiger partial charge in [0.05, 0.1) is 36.8 Å². The van der Waals surface area contributed by atoms with Gasteiger partial charge in [-0.15, -0.1) is 0 Å². The summed E-state index contributed by atoms with van der Waals surface area (Å²) in [6.07, 6.45) is -0.981. The molecule has 0 bridgehead atoms. The minimum absolute atomic E-state index is 0.00807. The Bertz CT molecular complexity index is 1810. The van der Waals surface area contributed by atoms with Gasteiger partial charge in [0.15, 0.2) is 15.6 Å². The molecule has 1 aliphatic heterocycles. The van der Waals surface area contributed by atoms with Crippen molar-refractivity contribution in [3.63, 3.8) is 0 Å². The maximum absolute atomic E-state index is 14.2. The van der Waals surface area contributed by atoms with Crippen LogP contribution in [0.1, 0.15) is 89.6 Å². The number of carbonyl (C=O) groups is 3. The van der Waals surface area contributed by atoms with Crippen LogP contribution < -0.4 is 10.1 Å². The van der Waals surface area contributed by atoms with Crippen LogP contribution in [0.25, 0.3) is 0 Å². The highest BCUT2D eigenvalue weighted by Gasteiger charge is 2.33. The van der Waals surface area contributed by atoms with Crippen molar-refractivity contribution in [2.75, 3.05) is 19.4 Å². The van der Waals surface area contributed by atoms with E-state index in [0.29, 0.717) is 42.2 Å². The van der Waals surface area contributed by atoms with Crippen LogP contribution in [-0.4, -0.2) is 73.4 Å². The first-order valence-corrected chi connectivity index (χ1v) is 18.1. The number of rotatable bonds is 12. The van der Waals surface area contributed by atoms with E-state index in [0.717, 1.165) is 12.1 Å². The normalized spacial score (nSPS) is 16.9. The van der Waals surface area contributed by atoms with Gasteiger partial charge in [0.1, 0.15) is 23.0 Å². The van der Waals surface area contributed by atoms with Crippen molar-refractivity contribution < 1.29 is 46.2 Å². The molecule has 0 spiro atoms. The summed E-state index contributed by atoms with van der Waals surface area (Å²) in [5.41, 5.74) is 0.299. The molecule has 2 amide bonds. The van der Waals surface area contributed by atoms with Crippen molar-refractivity contribution in [1.29, 1.82) is 0 Å². The van der Waals surface area contributed by atoms with Crippen molar-refractivity contribution >= 4 is 27.6 Å². The second kappa shape index (κ2) is 16.1. The van der Waals surface area contributed by atoms with Crippen molar-refractivity contribution in [2.24, 2.45) is 0 Å². The second-order valence-corrected chi connectivity index (χ2v) is 15.9. The lowest BCUT2D eigenvalue weighted by Gasteiger charge is -2.32. The Morgan fingerprint density at radius 1 is 0.980 bits per heavy atom. The molecule has 4 rings (SSSR count). The topological polar surface area (TPSA) is 139 Å². The molecule has 0 saturated carbocycles. The summed E-state index contributed by atoms with van der Waals surface area (Å²) in [5.74, 6) is -2.34. The number of carbonyl (C=O) groups excluding carboxylic acids is 3. The Labute approximate surface area is 291 Å². The molecule has 1 saturated heterocycles. The number of halogens is 2. The number of ketones is 1. The number of benzene rings is 3. The third-order valence-electron chi connectivity index (χ3n) is 8.30. The molecule has 3 aromatic rings. The number of sulfone groups is 1. The Hall–Kier alpha value is -4.36. The molecular weight excluding hydrogens is 670 g/mol. The molecule has 270 valence electrons. The average Bonchev–Trinajstić information content (AvgIpc) is 3.02. The maximum Gasteiger partial charge on any atom is 0.410 e. The number of Topliss-reactive ketones (excluding diaryl/α,β-unsaturated/α-hetero) is 1. The molecule has 50 heavy (non-hydrogen) atoms. The number of hydrogen-bond acceptors (Lipinski definition) is 8. The number of nitrogens with one attached hydrogen (secondary N) is 1. The van der Waals surface area contributed by atoms with E-state index in [1.54, 1.807) is 45.0 Å². The summed E-state index contributed by atoms with van der Waals surface area (Å²) in [7, 11) is -2.02. The SMILES string of the molecule is COc1cccc(CN(C[C@@H](O)[C@H](Cc2cc(F)cc(F)c2)NC(=O)c2cc(C(C)=O)cc(C3CCCCS3(=O)=O)c2)C(=O)OC(C)(C)C)c1. The Balaban J connectivity index is 1.70. The highest BCUT2D eigenvalue weighted by Crippen LogP contribution is 2.34. The van der Waals surface area contributed by atoms with Gasteiger partial charge in [-0.1, -0.05) is 18.6 Å². The first-order chi connectivity index (χ1) is 23.4. The number of aliphatic hydroxyl groups excluding tert-OH is 1. The summed E-state index contributed by atoms with van der Waals surface area (Å²) in [6.45, 7) is 5.98. The number of nitrogens with zero attached hydrogens (tertiary/aromatic N) is 1. The molecule has 10 nitrogen and oxygen atoms in total. The first kappa shape index (κ1) is 38.4. The van der Waals surface area contributed by atoms with Gasteiger partial charge in [0.25, 0.3) is 5.91 Å². The number of hydrogen-bond donors (Lipinski definition) is 2. The molecular formula is C37H44F2N2O8S. The van der Waals surface area contributed by atoms with Crippen LogP contribution in [0.2, 0.25) is 0 Å². The van der Waals surface area contributed by atoms with E-state index in [4.69, 9.17) is 9.47 Å². The third-order valence-corrected chi connectivity index (χ3v) is 10.5. The second-order valence-electron chi connectivity index (χ2n) is 13.6. The summed E-state index contributed by atoms with van der Waals surface area (Å²) in [5, 5.41) is 13.5. The molecule has 2 N–H and O–H groups in total. The van der Waals surface area contributed by atoms with Crippen molar-refractivity contribution in [3.05, 3.63) is 100 Å². The van der Waals surface area contributed by atoms with Gasteiger partial charge in [-0.2, -0.15) is 0 Å². The lowest BCUT2D eigenvalue weighted by atomic mass is 9.97. The maximum atomic E-state index is 14.2. The van der Waals surface area contributed by atoms with Crippen LogP contribution in [0.15, 0.2) is 60.7 Å². The summed E-state index contributed by atoms with van der Waals surface area (Å²) in [6, 6.07) is 12.8. The summed E-state index contributed by atoms with van der Waals surface area (Å²) < 4.78 is 65.3. The zero-order valence-electron chi connectivity index (χ0n) is 28.9. The van der Waals surface area contributed by atoms with Crippen LogP contribution >= 0.6 is 0 Å². The molecule has 3 aromatic carbocycles. The Morgan fingerprint density at radius 3 is 2.28 bits per heavy atom. The van der Waals surface area contributed by atoms with E-state index in [-0.39, 0.29) is 47.7 Å². The van der Waals surface area contributed by atoms with Crippen molar-refractivity contribution in [1.82, 2.24) is 10.2 Å². The van der Waals surface area contributed by atoms with E-state index < -0.39 is 56.5 Å². The zero-order valence-corrected chi connectivity index (χ0v) is 29.7. The number of methoxy groups -OCH3 is 1. The standard InChI is InChI=1S/C37H44F2N2O8S/c1-23(42)26-17-27(34-11-6-7-12-50(34,46)47)19-28(18-26)35(44)40-32(16-25-13-29(38)20-30(39)14-25)33(43)22-41(36(45)49-37(2,3)4)21-24-9-8-10-31(15-24)48-5/h8-10,13-15,17-20,32-34,43H,6-7,11-12,16,21-22H2,1-5H3,(H,40,44)/t32-,33+,34?/m0/s1. The number of amides is 2. The highest BCUT2D eigenvalue weighted by atomic mass is 32.2. The van der Waals surface area contributed by atoms with E-state index in [9.17, 15) is 36.7 Å². The minimum atomic E-state index is -3.52. The smallest absolute Gasteiger partial charge is 0.410 e. The number of ether oxygens (including phenoxy) is 2. The van der Waals surface area contributed by atoms with Gasteiger partial charge < -0.3 is 24.8 Å². The first-order valence-electron chi connectivity index (χ1n) is 16.4. The zero-order chi connectivity index (χ0) is 36.8. The lowest BCUT2D eigenvalue weighted by molar-refractivity contribution is 0.00836. The molecule has 13 heteroatoms. The average molecular weight is 715 g/mol. The molecule has 3 atom stereocenters. The molecule has 1 unspecified atom stereocenters. The Morgan fingerprint density at radius 2 is 1.66 bits per heavy atom. The van der Waals surface area contributed by atoms with Crippen molar-refractivity contribution in [3.8, 4) is 5.75 Å². The summed E-state index contributed by atoms with van der Waals surface area (Å²) >= 11 is 0. The number of aliphatic hydroxyl groups is 1. The largest absolute Gasteiger partial charge is 0.497 e. The van der Waals surface area contributed by atoms with Crippen molar-refractivity contribution in [2.45, 2.75) is 82.9 Å². The van der Waals surface area contributed by atoms with Crippen LogP contribution in [0.5, 0.6) is 5.75 Å². The molecule has 0 aliphatic carbocycles. The van der Waals surface area contributed by atoms with Gasteiger partial charge in [0, 0.05) is 23.7 Å². The molecule has 1 aliphatic rings. The predicted molar refractivity (Wildman–Crippen MR) is 184 cm³/mol. The minimum Gasteiger partial charge on any atom is -0.497 e. The Kier molecular flexibility index (Phi) is 12.4. The fraction of sp³-hybridized carbons (Fsp3) is 0.432. The van der Waals surface area contributed by atoms with Gasteiger partial charge in [-0.3, -0.25) is 9.59 Å². The van der Waals surface area contributed by atoms with E-state index in [2.05, 4.69) is 5.32 Å². The quantitative estimate of drug-likeness (QED) is 0.220. The molecule has 1 heterocycles. The van der Waals surface area contributed by atoms with Gasteiger partial charge in [-0.25, -0.2) is 22.0 Å². The summed E-state index contributed by atoms with van der Waals surface area (Å²) in [4.78, 5) is 41.0. The monoisotopic (exact) mass is 714 g/mol. The molecule has 1 fully saturated rings. The van der Waals surface area contributed by atoms with Gasteiger partial charge in [-0.05, 0) is 106 Å². The van der Waals surface area contributed by atoms with Crippen LogP contribution in [-0.2, 0) is 27.5 Å². The third kappa shape index (κ3) is 10.6. The lowest BCUT2D eigenvalue weighted by Crippen LogP contribution is -2.51. The van der Waals surface area contributed by atoms with E-state index >= 15 is 0 Å². The van der Waals surface area contributed by atoms with E-state index in [1.807, 2.05) is 0 Å². The van der Waals surface area contributed by atoms with Crippen LogP contribution in [0.3, 0.4) is 0 Å². The van der Waals surface area contributed by atoms with Crippen LogP contribution in [0, 0.1) is 11.6 Å². The van der Waals surface area contributed by atoms with Crippen LogP contribution in [0.4, 0.5) is 13.6 Å². The van der Waals surface area contributed by atoms with Gasteiger partial charge in [0.2, 0.25) is 0 Å². The molecule has 0 radical (unpaired) electrons. The predicted octanol–water partition coefficient (Wildman–Crippen LogP) is 5.96. The highest BCUT2D eigenvalue weighted by molar-refractivity contribution is 7.91.